The lowest BCUT2D eigenvalue weighted by molar-refractivity contribution is 0.607. The van der Waals surface area contributed by atoms with Gasteiger partial charge in [0, 0.05) is 48.7 Å². The third kappa shape index (κ3) is 4.96. The van der Waals surface area contributed by atoms with E-state index in [2.05, 4.69) is 194 Å². The number of hydrogen-bond acceptors (Lipinski definition) is 2. The van der Waals surface area contributed by atoms with Gasteiger partial charge in [-0.3, -0.25) is 0 Å². The van der Waals surface area contributed by atoms with Crippen LogP contribution < -0.4 is 4.90 Å². The molecule has 0 spiro atoms. The molecule has 0 fully saturated rings. The molecule has 0 aliphatic carbocycles. The van der Waals surface area contributed by atoms with E-state index in [1.54, 1.807) is 0 Å². The molecule has 0 atom stereocenters. The molecule has 1 aliphatic heterocycles. The summed E-state index contributed by atoms with van der Waals surface area (Å²) in [6.45, 7) is 6.83. The molecule has 0 unspecified atom stereocenters. The molecule has 0 N–H and O–H groups in total. The van der Waals surface area contributed by atoms with Gasteiger partial charge in [0.1, 0.15) is 0 Å². The zero-order valence-corrected chi connectivity index (χ0v) is 28.7. The summed E-state index contributed by atoms with van der Waals surface area (Å²) in [7, 11) is 0. The summed E-state index contributed by atoms with van der Waals surface area (Å²) in [5.74, 6) is 0. The average Bonchev–Trinajstić information content (AvgIpc) is 3.47. The summed E-state index contributed by atoms with van der Waals surface area (Å²) in [6.07, 6.45) is 0. The second-order valence-corrected chi connectivity index (χ2v) is 14.6. The molecule has 0 saturated heterocycles. The first-order valence-corrected chi connectivity index (χ1v) is 17.8. The van der Waals surface area contributed by atoms with Crippen molar-refractivity contribution >= 4 is 50.6 Å². The van der Waals surface area contributed by atoms with E-state index in [0.29, 0.717) is 0 Å². The third-order valence-electron chi connectivity index (χ3n) is 10.1. The molecule has 1 aromatic heterocycles. The molecule has 0 amide bonds. The zero-order chi connectivity index (χ0) is 33.1. The minimum absolute atomic E-state index is 0.0550. The first-order valence-electron chi connectivity index (χ1n) is 16.9. The fraction of sp³-hybridized carbons (Fsp3) is 0.0870. The minimum atomic E-state index is -0.0550. The molecule has 49 heavy (non-hydrogen) atoms. The summed E-state index contributed by atoms with van der Waals surface area (Å²) in [4.78, 5) is 5.04. The highest BCUT2D eigenvalue weighted by atomic mass is 32.2. The molecule has 0 bridgehead atoms. The number of fused-ring (bicyclic) bond motifs is 5. The number of rotatable bonds is 5. The number of anilines is 3. The SMILES string of the molecule is Cc1ccc(N(c2ccc(-c3ccc4c(c3)c3ccccc3n4-c3ccccc3)cc2)c2ccc3c(c2)Sc2ccccc2C3(C)C)cc1. The van der Waals surface area contributed by atoms with Crippen molar-refractivity contribution in [3.05, 3.63) is 180 Å². The quantitative estimate of drug-likeness (QED) is 0.183. The molecule has 236 valence electrons. The van der Waals surface area contributed by atoms with Crippen molar-refractivity contribution in [2.24, 2.45) is 0 Å². The van der Waals surface area contributed by atoms with Crippen LogP contribution in [0.2, 0.25) is 0 Å². The van der Waals surface area contributed by atoms with Gasteiger partial charge in [0.15, 0.2) is 0 Å². The molecule has 0 radical (unpaired) electrons. The molecule has 0 saturated carbocycles. The van der Waals surface area contributed by atoms with E-state index in [4.69, 9.17) is 0 Å². The Labute approximate surface area is 292 Å². The van der Waals surface area contributed by atoms with Gasteiger partial charge in [0.2, 0.25) is 0 Å². The van der Waals surface area contributed by atoms with Crippen molar-refractivity contribution in [1.82, 2.24) is 4.57 Å². The normalized spacial score (nSPS) is 13.3. The molecular weight excluding hydrogens is 613 g/mol. The van der Waals surface area contributed by atoms with E-state index >= 15 is 0 Å². The lowest BCUT2D eigenvalue weighted by Crippen LogP contribution is -2.24. The van der Waals surface area contributed by atoms with Crippen LogP contribution in [0.3, 0.4) is 0 Å². The number of aryl methyl sites for hydroxylation is 1. The van der Waals surface area contributed by atoms with Crippen LogP contribution in [-0.2, 0) is 5.41 Å². The second kappa shape index (κ2) is 11.6. The lowest BCUT2D eigenvalue weighted by atomic mass is 9.77. The van der Waals surface area contributed by atoms with Crippen LogP contribution in [0, 0.1) is 6.92 Å². The summed E-state index contributed by atoms with van der Waals surface area (Å²) in [5, 5.41) is 2.53. The van der Waals surface area contributed by atoms with Gasteiger partial charge >= 0.3 is 0 Å². The van der Waals surface area contributed by atoms with Crippen molar-refractivity contribution in [3.8, 4) is 16.8 Å². The van der Waals surface area contributed by atoms with Crippen molar-refractivity contribution in [3.63, 3.8) is 0 Å². The van der Waals surface area contributed by atoms with Crippen LogP contribution in [0.15, 0.2) is 174 Å². The first-order chi connectivity index (χ1) is 24.0. The van der Waals surface area contributed by atoms with Gasteiger partial charge in [-0.05, 0) is 102 Å². The number of aromatic nitrogens is 1. The van der Waals surface area contributed by atoms with Gasteiger partial charge in [0.25, 0.3) is 0 Å². The maximum Gasteiger partial charge on any atom is 0.0541 e. The smallest absolute Gasteiger partial charge is 0.0541 e. The topological polar surface area (TPSA) is 8.17 Å². The van der Waals surface area contributed by atoms with Gasteiger partial charge < -0.3 is 9.47 Å². The highest BCUT2D eigenvalue weighted by molar-refractivity contribution is 7.99. The van der Waals surface area contributed by atoms with E-state index in [-0.39, 0.29) is 5.41 Å². The fourth-order valence-electron chi connectivity index (χ4n) is 7.54. The first kappa shape index (κ1) is 29.6. The van der Waals surface area contributed by atoms with Crippen LogP contribution >= 0.6 is 11.8 Å². The van der Waals surface area contributed by atoms with Gasteiger partial charge in [-0.1, -0.05) is 122 Å². The Balaban J connectivity index is 1.12. The summed E-state index contributed by atoms with van der Waals surface area (Å²) < 4.78 is 2.37. The Kier molecular flexibility index (Phi) is 7.00. The van der Waals surface area contributed by atoms with E-state index in [9.17, 15) is 0 Å². The Morgan fingerprint density at radius 1 is 0.490 bits per heavy atom. The molecule has 3 heteroatoms. The predicted octanol–water partition coefficient (Wildman–Crippen LogP) is 13.0. The lowest BCUT2D eigenvalue weighted by Gasteiger charge is -2.35. The molecule has 8 aromatic rings. The number of hydrogen-bond donors (Lipinski definition) is 0. The second-order valence-electron chi connectivity index (χ2n) is 13.5. The van der Waals surface area contributed by atoms with Crippen LogP contribution in [-0.4, -0.2) is 4.57 Å². The van der Waals surface area contributed by atoms with Gasteiger partial charge in [-0.25, -0.2) is 0 Å². The van der Waals surface area contributed by atoms with E-state index in [1.165, 1.54) is 65.1 Å². The van der Waals surface area contributed by atoms with Crippen LogP contribution in [0.25, 0.3) is 38.6 Å². The molecule has 1 aliphatic rings. The predicted molar refractivity (Wildman–Crippen MR) is 208 cm³/mol. The summed E-state index contributed by atoms with van der Waals surface area (Å²) >= 11 is 1.88. The highest BCUT2D eigenvalue weighted by Crippen LogP contribution is 2.51. The highest BCUT2D eigenvalue weighted by Gasteiger charge is 2.33. The molecule has 7 aromatic carbocycles. The standard InChI is InChI=1S/C46H36N2S/c1-31-17-22-35(23-18-31)47(37-26-27-41-45(30-37)49-44-16-10-8-14-40(44)46(41,2)3)36-24-19-32(20-25-36)33-21-28-43-39(29-33)38-13-7-9-15-42(38)48(43)34-11-5-4-6-12-34/h4-30H,1-3H3. The van der Waals surface area contributed by atoms with E-state index in [0.717, 1.165) is 17.1 Å². The Morgan fingerprint density at radius 3 is 1.90 bits per heavy atom. The Bertz CT molecular complexity index is 2490. The van der Waals surface area contributed by atoms with Crippen molar-refractivity contribution in [2.45, 2.75) is 36.0 Å². The molecule has 2 nitrogen and oxygen atoms in total. The summed E-state index contributed by atoms with van der Waals surface area (Å²) in [6, 6.07) is 60.0. The third-order valence-corrected chi connectivity index (χ3v) is 11.2. The fourth-order valence-corrected chi connectivity index (χ4v) is 8.97. The number of nitrogens with zero attached hydrogens (tertiary/aromatic N) is 2. The maximum atomic E-state index is 2.38. The molecule has 9 rings (SSSR count). The van der Waals surface area contributed by atoms with E-state index in [1.807, 2.05) is 11.8 Å². The molecular formula is C46H36N2S. The monoisotopic (exact) mass is 648 g/mol. The zero-order valence-electron chi connectivity index (χ0n) is 27.9. The van der Waals surface area contributed by atoms with Gasteiger partial charge in [-0.2, -0.15) is 0 Å². The maximum absolute atomic E-state index is 2.38. The van der Waals surface area contributed by atoms with E-state index < -0.39 is 0 Å². The van der Waals surface area contributed by atoms with Crippen molar-refractivity contribution in [1.29, 1.82) is 0 Å². The summed E-state index contributed by atoms with van der Waals surface area (Å²) in [5.41, 5.74) is 13.4. The van der Waals surface area contributed by atoms with Crippen LogP contribution in [0.5, 0.6) is 0 Å². The van der Waals surface area contributed by atoms with Gasteiger partial charge in [-0.15, -0.1) is 0 Å². The average molecular weight is 649 g/mol. The van der Waals surface area contributed by atoms with Crippen LogP contribution in [0.4, 0.5) is 17.1 Å². The van der Waals surface area contributed by atoms with Crippen molar-refractivity contribution in [2.75, 3.05) is 4.90 Å². The molecule has 2 heterocycles. The Morgan fingerprint density at radius 2 is 1.10 bits per heavy atom. The number of para-hydroxylation sites is 2. The number of benzene rings is 7. The largest absolute Gasteiger partial charge is 0.310 e. The van der Waals surface area contributed by atoms with Gasteiger partial charge in [0.05, 0.1) is 11.0 Å². The Hall–Kier alpha value is -5.51. The van der Waals surface area contributed by atoms with Crippen molar-refractivity contribution < 1.29 is 0 Å². The minimum Gasteiger partial charge on any atom is -0.310 e. The van der Waals surface area contributed by atoms with Crippen LogP contribution in [0.1, 0.15) is 30.5 Å².